The van der Waals surface area contributed by atoms with Crippen LogP contribution in [0.2, 0.25) is 0 Å². The minimum atomic E-state index is -4.71. The van der Waals surface area contributed by atoms with Gasteiger partial charge in [-0.05, 0) is 75.6 Å². The van der Waals surface area contributed by atoms with Gasteiger partial charge in [0, 0.05) is 16.5 Å². The first-order valence-electron chi connectivity index (χ1n) is 15.4. The van der Waals surface area contributed by atoms with Crippen molar-refractivity contribution in [2.75, 3.05) is 0 Å². The van der Waals surface area contributed by atoms with Crippen molar-refractivity contribution in [2.24, 2.45) is 9.98 Å². The Hall–Kier alpha value is -3.70. The van der Waals surface area contributed by atoms with Crippen molar-refractivity contribution in [2.45, 2.75) is 88.9 Å². The standard InChI is InChI=1S/C36H40N2O6S2/c1-19(2)28-15-24(45(39,40)41)16-29(20(3)4)33(28)37-35-26-13-9-11-23-12-10-14-27(32(23)26)36(35)38-34-30(21(5)6)17-25(46(42,43)44)18-31(34)22(7)8/h9-22H,1-8H3,(H,39,40,41)(H,42,43,44)/p-2. The van der Waals surface area contributed by atoms with Crippen LogP contribution in [-0.4, -0.2) is 37.4 Å². The zero-order valence-electron chi connectivity index (χ0n) is 27.2. The van der Waals surface area contributed by atoms with E-state index in [2.05, 4.69) is 0 Å². The summed E-state index contributed by atoms with van der Waals surface area (Å²) < 4.78 is 73.0. The van der Waals surface area contributed by atoms with E-state index in [1.54, 1.807) is 0 Å². The lowest BCUT2D eigenvalue weighted by Gasteiger charge is -2.22. The first kappa shape index (κ1) is 33.7. The minimum absolute atomic E-state index is 0.153. The van der Waals surface area contributed by atoms with Gasteiger partial charge in [-0.1, -0.05) is 91.8 Å². The van der Waals surface area contributed by atoms with Gasteiger partial charge < -0.3 is 9.11 Å². The highest BCUT2D eigenvalue weighted by Crippen LogP contribution is 2.43. The van der Waals surface area contributed by atoms with Gasteiger partial charge in [0.05, 0.1) is 32.6 Å². The number of rotatable bonds is 8. The average molecular weight is 659 g/mol. The Balaban J connectivity index is 1.93. The predicted molar refractivity (Wildman–Crippen MR) is 182 cm³/mol. The fraction of sp³-hybridized carbons (Fsp3) is 0.333. The fourth-order valence-corrected chi connectivity index (χ4v) is 7.14. The van der Waals surface area contributed by atoms with Crippen molar-refractivity contribution in [3.8, 4) is 0 Å². The Morgan fingerprint density at radius 3 is 1.09 bits per heavy atom. The zero-order valence-corrected chi connectivity index (χ0v) is 28.9. The Labute approximate surface area is 271 Å². The summed E-state index contributed by atoms with van der Waals surface area (Å²) >= 11 is 0. The molecular formula is C36H38N2O6S2-2. The monoisotopic (exact) mass is 658 g/mol. The molecule has 0 unspecified atom stereocenters. The van der Waals surface area contributed by atoms with Gasteiger partial charge in [-0.3, -0.25) is 0 Å². The molecule has 1 aliphatic carbocycles. The van der Waals surface area contributed by atoms with Crippen LogP contribution in [0.5, 0.6) is 0 Å². The van der Waals surface area contributed by atoms with E-state index in [-0.39, 0.29) is 33.5 Å². The molecule has 4 aromatic carbocycles. The Kier molecular flexibility index (Phi) is 8.89. The maximum atomic E-state index is 12.2. The molecule has 8 nitrogen and oxygen atoms in total. The third-order valence-electron chi connectivity index (χ3n) is 8.44. The van der Waals surface area contributed by atoms with Gasteiger partial charge in [0.25, 0.3) is 0 Å². The molecule has 0 heterocycles. The second kappa shape index (κ2) is 12.2. The molecule has 0 bridgehead atoms. The SMILES string of the molecule is CC(C)c1cc(S(=O)(=O)[O-])cc(C(C)C)c1N=C1C(=Nc2c(C(C)C)cc(S(=O)(=O)[O-])cc2C(C)C)c2cccc3cccc1c23. The molecule has 242 valence electrons. The summed E-state index contributed by atoms with van der Waals surface area (Å²) in [4.78, 5) is 10.0. The second-order valence-corrected chi connectivity index (χ2v) is 15.8. The minimum Gasteiger partial charge on any atom is -0.744 e. The van der Waals surface area contributed by atoms with Crippen LogP contribution >= 0.6 is 0 Å². The Bertz CT molecular complexity index is 1950. The van der Waals surface area contributed by atoms with Gasteiger partial charge in [0.1, 0.15) is 20.2 Å². The van der Waals surface area contributed by atoms with Crippen molar-refractivity contribution in [3.05, 3.63) is 94.0 Å². The molecule has 0 aliphatic heterocycles. The Morgan fingerprint density at radius 2 is 0.826 bits per heavy atom. The highest BCUT2D eigenvalue weighted by Gasteiger charge is 2.30. The number of hydrogen-bond donors (Lipinski definition) is 0. The average Bonchev–Trinajstić information content (AvgIpc) is 3.25. The maximum Gasteiger partial charge on any atom is 0.124 e. The molecule has 0 aromatic heterocycles. The van der Waals surface area contributed by atoms with Gasteiger partial charge in [-0.2, -0.15) is 0 Å². The van der Waals surface area contributed by atoms with E-state index in [9.17, 15) is 25.9 Å². The lowest BCUT2D eigenvalue weighted by atomic mass is 9.92. The molecule has 0 saturated heterocycles. The molecule has 10 heteroatoms. The lowest BCUT2D eigenvalue weighted by molar-refractivity contribution is 0.460. The molecule has 0 fully saturated rings. The van der Waals surface area contributed by atoms with Crippen molar-refractivity contribution in [1.29, 1.82) is 0 Å². The summed E-state index contributed by atoms with van der Waals surface area (Å²) in [5.41, 5.74) is 6.57. The van der Waals surface area contributed by atoms with Crippen molar-refractivity contribution < 1.29 is 25.9 Å². The van der Waals surface area contributed by atoms with Crippen molar-refractivity contribution >= 4 is 53.8 Å². The van der Waals surface area contributed by atoms with Gasteiger partial charge in [0.2, 0.25) is 0 Å². The van der Waals surface area contributed by atoms with Gasteiger partial charge in [-0.15, -0.1) is 0 Å². The normalized spacial score (nSPS) is 15.5. The molecule has 0 radical (unpaired) electrons. The molecule has 1 aliphatic rings. The van der Waals surface area contributed by atoms with Crippen LogP contribution in [-0.2, 0) is 20.2 Å². The van der Waals surface area contributed by atoms with Crippen molar-refractivity contribution in [3.63, 3.8) is 0 Å². The summed E-state index contributed by atoms with van der Waals surface area (Å²) in [6, 6.07) is 17.6. The molecule has 0 spiro atoms. The van der Waals surface area contributed by atoms with Gasteiger partial charge in [0.15, 0.2) is 0 Å². The number of benzene rings is 4. The molecule has 4 aromatic rings. The first-order valence-corrected chi connectivity index (χ1v) is 18.2. The third-order valence-corrected chi connectivity index (χ3v) is 10.1. The van der Waals surface area contributed by atoms with Gasteiger partial charge in [-0.25, -0.2) is 26.8 Å². The number of hydrogen-bond acceptors (Lipinski definition) is 8. The summed E-state index contributed by atoms with van der Waals surface area (Å²) in [5, 5.41) is 1.96. The highest BCUT2D eigenvalue weighted by molar-refractivity contribution is 7.86. The molecular weight excluding hydrogens is 621 g/mol. The molecule has 0 amide bonds. The van der Waals surface area contributed by atoms with E-state index < -0.39 is 20.2 Å². The first-order chi connectivity index (χ1) is 21.4. The summed E-state index contributed by atoms with van der Waals surface area (Å²) in [6.07, 6.45) is 0. The fourth-order valence-electron chi connectivity index (χ4n) is 6.05. The molecule has 5 rings (SSSR count). The van der Waals surface area contributed by atoms with Crippen LogP contribution in [0.1, 0.15) is 112 Å². The van der Waals surface area contributed by atoms with E-state index in [0.717, 1.165) is 21.9 Å². The number of nitrogens with zero attached hydrogens (tertiary/aromatic N) is 2. The van der Waals surface area contributed by atoms with E-state index in [1.165, 1.54) is 24.3 Å². The third kappa shape index (κ3) is 6.19. The predicted octanol–water partition coefficient (Wildman–Crippen LogP) is 8.40. The van der Waals surface area contributed by atoms with E-state index in [1.807, 2.05) is 91.8 Å². The van der Waals surface area contributed by atoms with Crippen LogP contribution < -0.4 is 0 Å². The van der Waals surface area contributed by atoms with Crippen molar-refractivity contribution in [1.82, 2.24) is 0 Å². The summed E-state index contributed by atoms with van der Waals surface area (Å²) in [7, 11) is -9.43. The Morgan fingerprint density at radius 1 is 0.522 bits per heavy atom. The second-order valence-electron chi connectivity index (χ2n) is 13.1. The summed E-state index contributed by atoms with van der Waals surface area (Å²) in [6.45, 7) is 15.4. The van der Waals surface area contributed by atoms with Crippen LogP contribution in [0.4, 0.5) is 11.4 Å². The zero-order chi connectivity index (χ0) is 33.9. The van der Waals surface area contributed by atoms with E-state index in [4.69, 9.17) is 9.98 Å². The van der Waals surface area contributed by atoms with Crippen LogP contribution in [0.3, 0.4) is 0 Å². The molecule has 46 heavy (non-hydrogen) atoms. The summed E-state index contributed by atoms with van der Waals surface area (Å²) in [5.74, 6) is -0.610. The maximum absolute atomic E-state index is 12.2. The van der Waals surface area contributed by atoms with E-state index in [0.29, 0.717) is 45.1 Å². The highest BCUT2D eigenvalue weighted by atomic mass is 32.2. The van der Waals surface area contributed by atoms with Crippen LogP contribution in [0.15, 0.2) is 80.4 Å². The molecule has 0 atom stereocenters. The molecule has 0 saturated carbocycles. The van der Waals surface area contributed by atoms with Crippen LogP contribution in [0, 0.1) is 0 Å². The lowest BCUT2D eigenvalue weighted by Crippen LogP contribution is -2.13. The molecule has 0 N–H and O–H groups in total. The van der Waals surface area contributed by atoms with Gasteiger partial charge >= 0.3 is 0 Å². The topological polar surface area (TPSA) is 139 Å². The van der Waals surface area contributed by atoms with E-state index >= 15 is 0 Å². The largest absolute Gasteiger partial charge is 0.744 e. The van der Waals surface area contributed by atoms with Crippen LogP contribution in [0.25, 0.3) is 10.8 Å². The number of aliphatic imine (C=N–C) groups is 2. The quantitative estimate of drug-likeness (QED) is 0.174. The smallest absolute Gasteiger partial charge is 0.124 e.